The number of nitrogens with zero attached hydrogens (tertiary/aromatic N) is 3. The summed E-state index contributed by atoms with van der Waals surface area (Å²) in [6.07, 6.45) is 2.51. The number of hydrogen-bond acceptors (Lipinski definition) is 4. The molecule has 0 amide bonds. The van der Waals surface area contributed by atoms with E-state index in [0.29, 0.717) is 33.1 Å². The fourth-order valence-electron chi connectivity index (χ4n) is 2.95. The summed E-state index contributed by atoms with van der Waals surface area (Å²) < 4.78 is 15.7. The van der Waals surface area contributed by atoms with Crippen molar-refractivity contribution < 1.29 is 4.39 Å². The Labute approximate surface area is 166 Å². The van der Waals surface area contributed by atoms with E-state index in [0.717, 1.165) is 12.1 Å². The maximum absolute atomic E-state index is 14.2. The molecule has 0 spiro atoms. The average molecular weight is 391 g/mol. The average Bonchev–Trinajstić information content (AvgIpc) is 2.71. The Hall–Kier alpha value is -2.99. The number of hydrogen-bond donors (Lipinski definition) is 0. The number of aryl methyl sites for hydroxylation is 2. The Morgan fingerprint density at radius 1 is 1.07 bits per heavy atom. The molecule has 0 radical (unpaired) electrons. The largest absolute Gasteiger partial charge is 0.268 e. The van der Waals surface area contributed by atoms with Crippen LogP contribution in [0.25, 0.3) is 16.6 Å². The molecule has 2 aromatic carbocycles. The maximum Gasteiger partial charge on any atom is 0.266 e. The van der Waals surface area contributed by atoms with Crippen LogP contribution in [0.3, 0.4) is 0 Å². The van der Waals surface area contributed by atoms with Crippen LogP contribution in [0.5, 0.6) is 0 Å². The SMILES string of the molecule is Cc1ccc(-n2c(SCCc3ccccn3)nc3ccccc3c2=O)cc1F. The van der Waals surface area contributed by atoms with Crippen molar-refractivity contribution in [2.75, 3.05) is 5.75 Å². The molecule has 140 valence electrons. The van der Waals surface area contributed by atoms with Crippen LogP contribution in [0.1, 0.15) is 11.3 Å². The predicted molar refractivity (Wildman–Crippen MR) is 111 cm³/mol. The van der Waals surface area contributed by atoms with Crippen LogP contribution in [0.15, 0.2) is 76.8 Å². The zero-order valence-electron chi connectivity index (χ0n) is 15.3. The lowest BCUT2D eigenvalue weighted by Crippen LogP contribution is -2.22. The van der Waals surface area contributed by atoms with Gasteiger partial charge in [-0.2, -0.15) is 0 Å². The summed E-state index contributed by atoms with van der Waals surface area (Å²) in [5, 5.41) is 1.06. The van der Waals surface area contributed by atoms with Gasteiger partial charge in [0.05, 0.1) is 16.6 Å². The summed E-state index contributed by atoms with van der Waals surface area (Å²) >= 11 is 1.47. The number of thioether (sulfide) groups is 1. The summed E-state index contributed by atoms with van der Waals surface area (Å²) in [5.74, 6) is 0.359. The van der Waals surface area contributed by atoms with E-state index in [-0.39, 0.29) is 11.4 Å². The molecule has 0 aliphatic rings. The standard InChI is InChI=1S/C22H18FN3OS/c1-15-9-10-17(14-19(15)23)26-21(27)18-7-2-3-8-20(18)25-22(26)28-13-11-16-6-4-5-12-24-16/h2-10,12,14H,11,13H2,1H3. The third-order valence-electron chi connectivity index (χ3n) is 4.47. The highest BCUT2D eigenvalue weighted by atomic mass is 32.2. The molecule has 28 heavy (non-hydrogen) atoms. The van der Waals surface area contributed by atoms with Crippen LogP contribution in [0.4, 0.5) is 4.39 Å². The predicted octanol–water partition coefficient (Wildman–Crippen LogP) is 4.56. The Kier molecular flexibility index (Phi) is 5.21. The van der Waals surface area contributed by atoms with Crippen LogP contribution >= 0.6 is 11.8 Å². The molecule has 2 heterocycles. The molecule has 0 aliphatic heterocycles. The maximum atomic E-state index is 14.2. The van der Waals surface area contributed by atoms with Gasteiger partial charge in [-0.15, -0.1) is 0 Å². The highest BCUT2D eigenvalue weighted by molar-refractivity contribution is 7.99. The molecule has 4 nitrogen and oxygen atoms in total. The van der Waals surface area contributed by atoms with Crippen LogP contribution in [-0.2, 0) is 6.42 Å². The van der Waals surface area contributed by atoms with Crippen molar-refractivity contribution in [3.8, 4) is 5.69 Å². The summed E-state index contributed by atoms with van der Waals surface area (Å²) in [4.78, 5) is 22.2. The number of benzene rings is 2. The lowest BCUT2D eigenvalue weighted by atomic mass is 10.2. The summed E-state index contributed by atoms with van der Waals surface area (Å²) in [5.41, 5.74) is 2.43. The summed E-state index contributed by atoms with van der Waals surface area (Å²) in [7, 11) is 0. The molecule has 0 fully saturated rings. The van der Waals surface area contributed by atoms with E-state index in [1.165, 1.54) is 22.4 Å². The van der Waals surface area contributed by atoms with Gasteiger partial charge >= 0.3 is 0 Å². The van der Waals surface area contributed by atoms with Crippen molar-refractivity contribution in [3.63, 3.8) is 0 Å². The van der Waals surface area contributed by atoms with Crippen LogP contribution in [-0.4, -0.2) is 20.3 Å². The number of halogens is 1. The molecule has 4 aromatic rings. The van der Waals surface area contributed by atoms with E-state index in [9.17, 15) is 9.18 Å². The van der Waals surface area contributed by atoms with Crippen molar-refractivity contribution >= 4 is 22.7 Å². The molecule has 0 bridgehead atoms. The molecule has 0 unspecified atom stereocenters. The van der Waals surface area contributed by atoms with Crippen LogP contribution in [0, 0.1) is 12.7 Å². The third kappa shape index (κ3) is 3.68. The quantitative estimate of drug-likeness (QED) is 0.370. The molecular formula is C22H18FN3OS. The van der Waals surface area contributed by atoms with Crippen molar-refractivity contribution in [3.05, 3.63) is 94.3 Å². The van der Waals surface area contributed by atoms with Crippen molar-refractivity contribution in [2.45, 2.75) is 18.5 Å². The molecule has 0 N–H and O–H groups in total. The van der Waals surface area contributed by atoms with Gasteiger partial charge in [0, 0.05) is 17.6 Å². The lowest BCUT2D eigenvalue weighted by Gasteiger charge is -2.13. The first-order valence-electron chi connectivity index (χ1n) is 8.94. The Bertz CT molecular complexity index is 1190. The summed E-state index contributed by atoms with van der Waals surface area (Å²) in [6.45, 7) is 1.70. The second-order valence-corrected chi connectivity index (χ2v) is 7.47. The number of fused-ring (bicyclic) bond motifs is 1. The van der Waals surface area contributed by atoms with Gasteiger partial charge in [0.25, 0.3) is 5.56 Å². The summed E-state index contributed by atoms with van der Waals surface area (Å²) in [6, 6.07) is 17.8. The van der Waals surface area contributed by atoms with E-state index < -0.39 is 0 Å². The van der Waals surface area contributed by atoms with Gasteiger partial charge in [-0.25, -0.2) is 9.37 Å². The van der Waals surface area contributed by atoms with E-state index in [4.69, 9.17) is 0 Å². The molecule has 0 saturated heterocycles. The van der Waals surface area contributed by atoms with Crippen molar-refractivity contribution in [1.82, 2.24) is 14.5 Å². The highest BCUT2D eigenvalue weighted by Gasteiger charge is 2.14. The lowest BCUT2D eigenvalue weighted by molar-refractivity contribution is 0.615. The second-order valence-electron chi connectivity index (χ2n) is 6.41. The number of pyridine rings is 1. The van der Waals surface area contributed by atoms with E-state index >= 15 is 0 Å². The van der Waals surface area contributed by atoms with E-state index in [1.807, 2.05) is 30.3 Å². The van der Waals surface area contributed by atoms with Gasteiger partial charge in [0.2, 0.25) is 0 Å². The van der Waals surface area contributed by atoms with Crippen molar-refractivity contribution in [1.29, 1.82) is 0 Å². The normalized spacial score (nSPS) is 11.1. The van der Waals surface area contributed by atoms with Crippen molar-refractivity contribution in [2.24, 2.45) is 0 Å². The minimum atomic E-state index is -0.345. The Balaban J connectivity index is 1.77. The minimum Gasteiger partial charge on any atom is -0.268 e. The zero-order chi connectivity index (χ0) is 19.5. The first-order chi connectivity index (χ1) is 13.6. The number of rotatable bonds is 5. The number of aromatic nitrogens is 3. The molecule has 4 rings (SSSR count). The molecule has 6 heteroatoms. The van der Waals surface area contributed by atoms with Crippen LogP contribution in [0.2, 0.25) is 0 Å². The molecule has 2 aromatic heterocycles. The molecular weight excluding hydrogens is 373 g/mol. The third-order valence-corrected chi connectivity index (χ3v) is 5.41. The molecule has 0 atom stereocenters. The Morgan fingerprint density at radius 2 is 1.89 bits per heavy atom. The minimum absolute atomic E-state index is 0.200. The fraction of sp³-hybridized carbons (Fsp3) is 0.136. The van der Waals surface area contributed by atoms with Gasteiger partial charge in [0.1, 0.15) is 5.82 Å². The molecule has 0 aliphatic carbocycles. The first kappa shape index (κ1) is 18.4. The van der Waals surface area contributed by atoms with Gasteiger partial charge < -0.3 is 0 Å². The van der Waals surface area contributed by atoms with Gasteiger partial charge in [-0.05, 0) is 55.3 Å². The molecule has 0 saturated carbocycles. The highest BCUT2D eigenvalue weighted by Crippen LogP contribution is 2.23. The Morgan fingerprint density at radius 3 is 2.68 bits per heavy atom. The monoisotopic (exact) mass is 391 g/mol. The zero-order valence-corrected chi connectivity index (χ0v) is 16.1. The van der Waals surface area contributed by atoms with Gasteiger partial charge in [0.15, 0.2) is 5.16 Å². The second kappa shape index (κ2) is 7.94. The van der Waals surface area contributed by atoms with E-state index in [2.05, 4.69) is 9.97 Å². The van der Waals surface area contributed by atoms with Gasteiger partial charge in [-0.1, -0.05) is 36.0 Å². The topological polar surface area (TPSA) is 47.8 Å². The van der Waals surface area contributed by atoms with Crippen LogP contribution < -0.4 is 5.56 Å². The van der Waals surface area contributed by atoms with E-state index in [1.54, 1.807) is 37.4 Å². The number of para-hydroxylation sites is 1. The smallest absolute Gasteiger partial charge is 0.266 e. The van der Waals surface area contributed by atoms with Gasteiger partial charge in [-0.3, -0.25) is 14.3 Å². The fourth-order valence-corrected chi connectivity index (χ4v) is 3.92. The first-order valence-corrected chi connectivity index (χ1v) is 9.93.